The first-order chi connectivity index (χ1) is 10.5. The van der Waals surface area contributed by atoms with Gasteiger partial charge in [-0.25, -0.2) is 0 Å². The molecule has 1 aliphatic heterocycles. The van der Waals surface area contributed by atoms with E-state index < -0.39 is 5.91 Å². The lowest BCUT2D eigenvalue weighted by Gasteiger charge is -2.19. The van der Waals surface area contributed by atoms with Gasteiger partial charge in [-0.05, 0) is 38.0 Å². The molecule has 2 aliphatic carbocycles. The maximum Gasteiger partial charge on any atom is 0.245 e. The van der Waals surface area contributed by atoms with Crippen molar-refractivity contribution >= 4 is 23.5 Å². The largest absolute Gasteiger partial charge is 0.360 e. The molecule has 0 spiro atoms. The molecule has 4 atom stereocenters. The summed E-state index contributed by atoms with van der Waals surface area (Å²) in [5.74, 6) is 0.387. The molecule has 0 unspecified atom stereocenters. The smallest absolute Gasteiger partial charge is 0.245 e. The fourth-order valence-corrected chi connectivity index (χ4v) is 4.38. The fourth-order valence-electron chi connectivity index (χ4n) is 4.38. The van der Waals surface area contributed by atoms with E-state index in [-0.39, 0.29) is 30.2 Å². The summed E-state index contributed by atoms with van der Waals surface area (Å²) in [6, 6.07) is 1.58. The van der Waals surface area contributed by atoms with Gasteiger partial charge in [0.05, 0.1) is 11.8 Å². The molecule has 1 aromatic heterocycles. The Bertz CT molecular complexity index is 639. The second-order valence-corrected chi connectivity index (χ2v) is 6.52. The molecule has 7 heteroatoms. The summed E-state index contributed by atoms with van der Waals surface area (Å²) in [5.41, 5.74) is 0. The van der Waals surface area contributed by atoms with Gasteiger partial charge in [0, 0.05) is 6.07 Å². The van der Waals surface area contributed by atoms with Crippen LogP contribution >= 0.6 is 0 Å². The number of anilines is 1. The highest BCUT2D eigenvalue weighted by atomic mass is 16.5. The van der Waals surface area contributed by atoms with Gasteiger partial charge in [-0.15, -0.1) is 0 Å². The van der Waals surface area contributed by atoms with Gasteiger partial charge in [0.2, 0.25) is 17.7 Å². The molecule has 1 aromatic rings. The zero-order chi connectivity index (χ0) is 15.4. The number of likely N-dealkylation sites (tertiary alicyclic amines) is 1. The number of aromatic nitrogens is 1. The van der Waals surface area contributed by atoms with Gasteiger partial charge in [0.1, 0.15) is 12.3 Å². The van der Waals surface area contributed by atoms with E-state index in [1.54, 1.807) is 13.0 Å². The predicted molar refractivity (Wildman–Crippen MR) is 74.4 cm³/mol. The summed E-state index contributed by atoms with van der Waals surface area (Å²) < 4.78 is 4.86. The summed E-state index contributed by atoms with van der Waals surface area (Å²) in [6.45, 7) is 1.48. The van der Waals surface area contributed by atoms with Gasteiger partial charge in [0.15, 0.2) is 5.82 Å². The summed E-state index contributed by atoms with van der Waals surface area (Å²) >= 11 is 0. The van der Waals surface area contributed by atoms with Crippen molar-refractivity contribution in [1.29, 1.82) is 0 Å². The molecule has 1 N–H and O–H groups in total. The molecule has 3 amide bonds. The van der Waals surface area contributed by atoms with Gasteiger partial charge in [-0.2, -0.15) is 0 Å². The number of nitrogens with zero attached hydrogens (tertiary/aromatic N) is 2. The first kappa shape index (κ1) is 13.5. The number of carbonyl (C=O) groups excluding carboxylic acids is 3. The standard InChI is InChI=1S/C15H17N3O4/c1-7-4-10(17-22-7)16-11(19)6-18-14(20)12-8-2-3-9(5-8)13(12)15(18)21/h4,8-9,12-13H,2-3,5-6H2,1H3,(H,16,17,19)/t8-,9+,12-,13+. The van der Waals surface area contributed by atoms with E-state index in [1.165, 1.54) is 0 Å². The second kappa shape index (κ2) is 4.66. The van der Waals surface area contributed by atoms with E-state index in [1.807, 2.05) is 0 Å². The quantitative estimate of drug-likeness (QED) is 0.839. The minimum absolute atomic E-state index is 0.173. The Morgan fingerprint density at radius 3 is 2.50 bits per heavy atom. The van der Waals surface area contributed by atoms with Crippen LogP contribution in [0, 0.1) is 30.6 Å². The lowest BCUT2D eigenvalue weighted by atomic mass is 9.81. The Hall–Kier alpha value is -2.18. The normalized spacial score (nSPS) is 32.7. The predicted octanol–water partition coefficient (Wildman–Crippen LogP) is 0.953. The molecule has 7 nitrogen and oxygen atoms in total. The van der Waals surface area contributed by atoms with Crippen LogP contribution in [-0.2, 0) is 14.4 Å². The number of nitrogens with one attached hydrogen (secondary N) is 1. The zero-order valence-corrected chi connectivity index (χ0v) is 12.2. The lowest BCUT2D eigenvalue weighted by Crippen LogP contribution is -2.39. The van der Waals surface area contributed by atoms with Gasteiger partial charge < -0.3 is 9.84 Å². The van der Waals surface area contributed by atoms with Crippen LogP contribution in [0.1, 0.15) is 25.0 Å². The Morgan fingerprint density at radius 2 is 1.95 bits per heavy atom. The molecule has 0 radical (unpaired) electrons. The van der Waals surface area contributed by atoms with Crippen molar-refractivity contribution in [3.05, 3.63) is 11.8 Å². The van der Waals surface area contributed by atoms with Gasteiger partial charge in [-0.1, -0.05) is 5.16 Å². The molecule has 1 saturated heterocycles. The fraction of sp³-hybridized carbons (Fsp3) is 0.600. The lowest BCUT2D eigenvalue weighted by molar-refractivity contribution is -0.143. The maximum atomic E-state index is 12.5. The van der Waals surface area contributed by atoms with E-state index in [0.717, 1.165) is 24.2 Å². The molecule has 3 aliphatic rings. The van der Waals surface area contributed by atoms with Crippen LogP contribution in [0.25, 0.3) is 0 Å². The Labute approximate surface area is 127 Å². The number of hydrogen-bond acceptors (Lipinski definition) is 5. The van der Waals surface area contributed by atoms with E-state index in [4.69, 9.17) is 4.52 Å². The summed E-state index contributed by atoms with van der Waals surface area (Å²) in [6.07, 6.45) is 3.05. The van der Waals surface area contributed by atoms with E-state index in [9.17, 15) is 14.4 Å². The van der Waals surface area contributed by atoms with E-state index in [0.29, 0.717) is 23.4 Å². The van der Waals surface area contributed by atoms with E-state index >= 15 is 0 Å². The van der Waals surface area contributed by atoms with Gasteiger partial charge >= 0.3 is 0 Å². The highest BCUT2D eigenvalue weighted by molar-refractivity contribution is 6.09. The summed E-state index contributed by atoms with van der Waals surface area (Å²) in [7, 11) is 0. The number of carbonyl (C=O) groups is 3. The van der Waals surface area contributed by atoms with Crippen LogP contribution in [0.4, 0.5) is 5.82 Å². The molecular weight excluding hydrogens is 286 g/mol. The minimum atomic E-state index is -0.428. The highest BCUT2D eigenvalue weighted by Crippen LogP contribution is 2.55. The number of imide groups is 1. The van der Waals surface area contributed by atoms with Crippen LogP contribution in [0.5, 0.6) is 0 Å². The first-order valence-electron chi connectivity index (χ1n) is 7.63. The van der Waals surface area contributed by atoms with Crippen molar-refractivity contribution in [3.8, 4) is 0 Å². The third kappa shape index (κ3) is 1.88. The van der Waals surface area contributed by atoms with E-state index in [2.05, 4.69) is 10.5 Å². The number of hydrogen-bond donors (Lipinski definition) is 1. The summed E-state index contributed by atoms with van der Waals surface area (Å²) in [4.78, 5) is 38.1. The molecule has 0 aromatic carbocycles. The number of fused-ring (bicyclic) bond motifs is 5. The molecule has 116 valence electrons. The molecule has 4 rings (SSSR count). The van der Waals surface area contributed by atoms with Crippen LogP contribution < -0.4 is 5.32 Å². The maximum absolute atomic E-state index is 12.5. The van der Waals surface area contributed by atoms with Crippen molar-refractivity contribution in [3.63, 3.8) is 0 Å². The molecule has 2 saturated carbocycles. The second-order valence-electron chi connectivity index (χ2n) is 6.52. The van der Waals surface area contributed by atoms with Crippen LogP contribution in [0.3, 0.4) is 0 Å². The third-order valence-corrected chi connectivity index (χ3v) is 5.22. The SMILES string of the molecule is Cc1cc(NC(=O)CN2C(=O)[C@@H]3[C@@H]4CC[C@@H](C4)[C@@H]3C2=O)no1. The van der Waals surface area contributed by atoms with Crippen LogP contribution in [0.2, 0.25) is 0 Å². The van der Waals surface area contributed by atoms with Crippen molar-refractivity contribution in [2.45, 2.75) is 26.2 Å². The first-order valence-corrected chi connectivity index (χ1v) is 7.63. The number of aryl methyl sites for hydroxylation is 1. The molecule has 3 fully saturated rings. The average molecular weight is 303 g/mol. The zero-order valence-electron chi connectivity index (χ0n) is 12.2. The number of rotatable bonds is 3. The van der Waals surface area contributed by atoms with Gasteiger partial charge in [0.25, 0.3) is 0 Å². The van der Waals surface area contributed by atoms with Crippen molar-refractivity contribution < 1.29 is 18.9 Å². The molecule has 22 heavy (non-hydrogen) atoms. The third-order valence-electron chi connectivity index (χ3n) is 5.22. The summed E-state index contributed by atoms with van der Waals surface area (Å²) in [5, 5.41) is 6.21. The van der Waals surface area contributed by atoms with Crippen molar-refractivity contribution in [2.75, 3.05) is 11.9 Å². The molecule has 2 heterocycles. The topological polar surface area (TPSA) is 92.5 Å². The van der Waals surface area contributed by atoms with Crippen LogP contribution in [0.15, 0.2) is 10.6 Å². The monoisotopic (exact) mass is 303 g/mol. The van der Waals surface area contributed by atoms with Crippen LogP contribution in [-0.4, -0.2) is 34.3 Å². The Balaban J connectivity index is 1.46. The minimum Gasteiger partial charge on any atom is -0.360 e. The Kier molecular flexibility index (Phi) is 2.85. The molecule has 2 bridgehead atoms. The van der Waals surface area contributed by atoms with Gasteiger partial charge in [-0.3, -0.25) is 19.3 Å². The Morgan fingerprint density at radius 1 is 1.32 bits per heavy atom. The highest BCUT2D eigenvalue weighted by Gasteiger charge is 2.60. The van der Waals surface area contributed by atoms with Crippen molar-refractivity contribution in [1.82, 2.24) is 10.1 Å². The number of amides is 3. The molecular formula is C15H17N3O4. The average Bonchev–Trinajstić information content (AvgIpc) is 3.21. The van der Waals surface area contributed by atoms with Crippen molar-refractivity contribution in [2.24, 2.45) is 23.7 Å².